The van der Waals surface area contributed by atoms with Gasteiger partial charge in [0.25, 0.3) is 0 Å². The second kappa shape index (κ2) is 9.35. The van der Waals surface area contributed by atoms with Crippen molar-refractivity contribution >= 4 is 17.9 Å². The fourth-order valence-electron chi connectivity index (χ4n) is 1.51. The molecule has 0 aromatic rings. The van der Waals surface area contributed by atoms with E-state index in [0.29, 0.717) is 0 Å². The number of carbonyl (C=O) groups is 3. The predicted molar refractivity (Wildman–Crippen MR) is 67.2 cm³/mol. The smallest absolute Gasteiger partial charge is 0.320 e. The van der Waals surface area contributed by atoms with Gasteiger partial charge in [0, 0.05) is 0 Å². The molecule has 0 N–H and O–H groups in total. The monoisotopic (exact) mass is 274 g/mol. The third kappa shape index (κ3) is 6.22. The Hall–Kier alpha value is -1.59. The van der Waals surface area contributed by atoms with Crippen molar-refractivity contribution in [3.05, 3.63) is 0 Å². The van der Waals surface area contributed by atoms with E-state index in [9.17, 15) is 14.4 Å². The minimum atomic E-state index is -1.08. The van der Waals surface area contributed by atoms with Gasteiger partial charge in [0.1, 0.15) is 0 Å². The van der Waals surface area contributed by atoms with E-state index in [0.717, 1.165) is 0 Å². The highest BCUT2D eigenvalue weighted by Crippen LogP contribution is 2.17. The van der Waals surface area contributed by atoms with Crippen LogP contribution in [0.4, 0.5) is 0 Å². The SMILES string of the molecule is CCOC(=O)C(C[C@@H](C)C(=O)OCC)C(=O)OCC. The Morgan fingerprint density at radius 1 is 0.789 bits per heavy atom. The number of rotatable bonds is 8. The third-order valence-corrected chi connectivity index (χ3v) is 2.42. The van der Waals surface area contributed by atoms with Crippen LogP contribution in [0.25, 0.3) is 0 Å². The average molecular weight is 274 g/mol. The van der Waals surface area contributed by atoms with Crippen LogP contribution >= 0.6 is 0 Å². The van der Waals surface area contributed by atoms with Crippen LogP contribution in [-0.2, 0) is 28.6 Å². The summed E-state index contributed by atoms with van der Waals surface area (Å²) in [6, 6.07) is 0. The second-order valence-corrected chi connectivity index (χ2v) is 3.95. The van der Waals surface area contributed by atoms with Crippen LogP contribution in [0.15, 0.2) is 0 Å². The van der Waals surface area contributed by atoms with E-state index >= 15 is 0 Å². The van der Waals surface area contributed by atoms with Gasteiger partial charge in [0.05, 0.1) is 25.7 Å². The fraction of sp³-hybridized carbons (Fsp3) is 0.769. The number of ether oxygens (including phenoxy) is 3. The van der Waals surface area contributed by atoms with Crippen molar-refractivity contribution < 1.29 is 28.6 Å². The summed E-state index contributed by atoms with van der Waals surface area (Å²) in [6.45, 7) is 7.18. The van der Waals surface area contributed by atoms with E-state index in [-0.39, 0.29) is 26.2 Å². The molecule has 0 aromatic carbocycles. The highest BCUT2D eigenvalue weighted by molar-refractivity contribution is 5.95. The lowest BCUT2D eigenvalue weighted by molar-refractivity contribution is -0.163. The van der Waals surface area contributed by atoms with Crippen LogP contribution in [0, 0.1) is 11.8 Å². The quantitative estimate of drug-likeness (QED) is 0.377. The van der Waals surface area contributed by atoms with Gasteiger partial charge in [-0.05, 0) is 27.2 Å². The zero-order valence-corrected chi connectivity index (χ0v) is 11.9. The maximum atomic E-state index is 11.7. The molecule has 0 fully saturated rings. The van der Waals surface area contributed by atoms with Crippen molar-refractivity contribution in [2.75, 3.05) is 19.8 Å². The Balaban J connectivity index is 4.70. The Morgan fingerprint density at radius 3 is 1.53 bits per heavy atom. The molecule has 0 aromatic heterocycles. The van der Waals surface area contributed by atoms with E-state index in [1.54, 1.807) is 27.7 Å². The molecule has 0 amide bonds. The molecule has 0 heterocycles. The standard InChI is InChI=1S/C13H22O6/c1-5-17-11(14)9(4)8-10(12(15)18-6-2)13(16)19-7-3/h9-10H,5-8H2,1-4H3/t9-/m1/s1. The molecule has 0 aliphatic heterocycles. The fourth-order valence-corrected chi connectivity index (χ4v) is 1.51. The van der Waals surface area contributed by atoms with Gasteiger partial charge < -0.3 is 14.2 Å². The first-order chi connectivity index (χ1) is 8.97. The lowest BCUT2D eigenvalue weighted by Gasteiger charge is -2.17. The molecule has 6 heteroatoms. The number of esters is 3. The molecule has 110 valence electrons. The minimum absolute atomic E-state index is 0.0243. The molecule has 0 saturated carbocycles. The Bertz CT molecular complexity index is 294. The number of hydrogen-bond acceptors (Lipinski definition) is 6. The van der Waals surface area contributed by atoms with Crippen molar-refractivity contribution in [1.29, 1.82) is 0 Å². The second-order valence-electron chi connectivity index (χ2n) is 3.95. The van der Waals surface area contributed by atoms with Crippen LogP contribution in [-0.4, -0.2) is 37.7 Å². The van der Waals surface area contributed by atoms with Crippen molar-refractivity contribution in [3.8, 4) is 0 Å². The van der Waals surface area contributed by atoms with Gasteiger partial charge in [0.15, 0.2) is 5.92 Å². The van der Waals surface area contributed by atoms with Gasteiger partial charge in [-0.15, -0.1) is 0 Å². The van der Waals surface area contributed by atoms with Crippen molar-refractivity contribution in [2.45, 2.75) is 34.1 Å². The summed E-state index contributed by atoms with van der Waals surface area (Å²) in [7, 11) is 0. The summed E-state index contributed by atoms with van der Waals surface area (Å²) in [4.78, 5) is 34.9. The largest absolute Gasteiger partial charge is 0.466 e. The van der Waals surface area contributed by atoms with Crippen LogP contribution < -0.4 is 0 Å². The zero-order valence-electron chi connectivity index (χ0n) is 11.9. The zero-order chi connectivity index (χ0) is 14.8. The van der Waals surface area contributed by atoms with Crippen LogP contribution in [0.2, 0.25) is 0 Å². The molecular weight excluding hydrogens is 252 g/mol. The molecule has 0 unspecified atom stereocenters. The maximum Gasteiger partial charge on any atom is 0.320 e. The normalized spacial score (nSPS) is 11.8. The van der Waals surface area contributed by atoms with E-state index in [4.69, 9.17) is 14.2 Å². The molecule has 1 atom stereocenters. The highest BCUT2D eigenvalue weighted by Gasteiger charge is 2.33. The molecule has 0 radical (unpaired) electrons. The van der Waals surface area contributed by atoms with Gasteiger partial charge in [-0.3, -0.25) is 14.4 Å². The molecule has 19 heavy (non-hydrogen) atoms. The lowest BCUT2D eigenvalue weighted by Crippen LogP contribution is -2.31. The van der Waals surface area contributed by atoms with E-state index in [1.165, 1.54) is 0 Å². The topological polar surface area (TPSA) is 78.9 Å². The van der Waals surface area contributed by atoms with Gasteiger partial charge in [-0.1, -0.05) is 6.92 Å². The van der Waals surface area contributed by atoms with Crippen LogP contribution in [0.5, 0.6) is 0 Å². The average Bonchev–Trinajstić information content (AvgIpc) is 2.36. The Labute approximate surface area is 113 Å². The molecule has 0 saturated heterocycles. The van der Waals surface area contributed by atoms with Crippen molar-refractivity contribution in [1.82, 2.24) is 0 Å². The van der Waals surface area contributed by atoms with Gasteiger partial charge >= 0.3 is 17.9 Å². The lowest BCUT2D eigenvalue weighted by atomic mass is 9.96. The molecule has 0 rings (SSSR count). The minimum Gasteiger partial charge on any atom is -0.466 e. The summed E-state index contributed by atoms with van der Waals surface area (Å²) >= 11 is 0. The van der Waals surface area contributed by atoms with Crippen LogP contribution in [0.3, 0.4) is 0 Å². The molecular formula is C13H22O6. The first-order valence-electron chi connectivity index (χ1n) is 6.47. The summed E-state index contributed by atoms with van der Waals surface area (Å²) in [5.74, 6) is -3.44. The molecule has 0 aliphatic rings. The summed E-state index contributed by atoms with van der Waals surface area (Å²) < 4.78 is 14.5. The molecule has 6 nitrogen and oxygen atoms in total. The van der Waals surface area contributed by atoms with Gasteiger partial charge in [0.2, 0.25) is 0 Å². The van der Waals surface area contributed by atoms with E-state index in [2.05, 4.69) is 0 Å². The predicted octanol–water partition coefficient (Wildman–Crippen LogP) is 1.32. The van der Waals surface area contributed by atoms with Gasteiger partial charge in [-0.25, -0.2) is 0 Å². The van der Waals surface area contributed by atoms with Gasteiger partial charge in [-0.2, -0.15) is 0 Å². The summed E-state index contributed by atoms with van der Waals surface area (Å²) in [5, 5.41) is 0. The number of carbonyl (C=O) groups excluding carboxylic acids is 3. The summed E-state index contributed by atoms with van der Waals surface area (Å²) in [6.07, 6.45) is 0.0243. The highest BCUT2D eigenvalue weighted by atomic mass is 16.6. The third-order valence-electron chi connectivity index (χ3n) is 2.42. The van der Waals surface area contributed by atoms with E-state index < -0.39 is 29.7 Å². The molecule has 0 aliphatic carbocycles. The molecule has 0 spiro atoms. The first kappa shape index (κ1) is 17.4. The first-order valence-corrected chi connectivity index (χ1v) is 6.47. The Kier molecular flexibility index (Phi) is 8.57. The van der Waals surface area contributed by atoms with Crippen molar-refractivity contribution in [3.63, 3.8) is 0 Å². The number of hydrogen-bond donors (Lipinski definition) is 0. The van der Waals surface area contributed by atoms with E-state index in [1.807, 2.05) is 0 Å². The van der Waals surface area contributed by atoms with Crippen LogP contribution in [0.1, 0.15) is 34.1 Å². The maximum absolute atomic E-state index is 11.7. The van der Waals surface area contributed by atoms with Crippen molar-refractivity contribution in [2.24, 2.45) is 11.8 Å². The summed E-state index contributed by atoms with van der Waals surface area (Å²) in [5.41, 5.74) is 0. The molecule has 0 bridgehead atoms. The Morgan fingerprint density at radius 2 is 1.16 bits per heavy atom.